The van der Waals surface area contributed by atoms with Crippen LogP contribution in [-0.4, -0.2) is 19.1 Å². The number of methoxy groups -OCH3 is 1. The first-order valence-electron chi connectivity index (χ1n) is 7.57. The normalized spacial score (nSPS) is 11.2. The molecule has 0 bridgehead atoms. The highest BCUT2D eigenvalue weighted by Crippen LogP contribution is 2.28. The molecule has 3 N–H and O–H groups in total. The lowest BCUT2D eigenvalue weighted by atomic mass is 9.95. The van der Waals surface area contributed by atoms with Crippen LogP contribution in [0.3, 0.4) is 0 Å². The van der Waals surface area contributed by atoms with Crippen LogP contribution in [-0.2, 0) is 0 Å². The van der Waals surface area contributed by atoms with Crippen molar-refractivity contribution in [2.75, 3.05) is 12.4 Å². The fourth-order valence-electron chi connectivity index (χ4n) is 2.55. The molecule has 0 fully saturated rings. The zero-order valence-electron chi connectivity index (χ0n) is 13.8. The second-order valence-electron chi connectivity index (χ2n) is 6.38. The van der Waals surface area contributed by atoms with Gasteiger partial charge in [-0.1, -0.05) is 27.7 Å². The van der Waals surface area contributed by atoms with E-state index >= 15 is 0 Å². The van der Waals surface area contributed by atoms with Crippen LogP contribution in [0, 0.1) is 11.8 Å². The molecule has 0 spiro atoms. The van der Waals surface area contributed by atoms with Crippen molar-refractivity contribution in [3.05, 3.63) is 23.8 Å². The number of primary amides is 1. The van der Waals surface area contributed by atoms with E-state index in [0.717, 1.165) is 24.3 Å². The number of benzene rings is 1. The maximum atomic E-state index is 11.3. The maximum absolute atomic E-state index is 11.3. The summed E-state index contributed by atoms with van der Waals surface area (Å²) in [7, 11) is 1.63. The summed E-state index contributed by atoms with van der Waals surface area (Å²) in [4.78, 5) is 11.3. The lowest BCUT2D eigenvalue weighted by Gasteiger charge is -2.24. The third kappa shape index (κ3) is 5.66. The Labute approximate surface area is 128 Å². The SMILES string of the molecule is COc1ccc(C(N)=O)cc1NC(CC(C)C)CC(C)C. The molecule has 0 aromatic heterocycles. The lowest BCUT2D eigenvalue weighted by Crippen LogP contribution is -2.24. The molecule has 4 heteroatoms. The molecule has 0 atom stereocenters. The maximum Gasteiger partial charge on any atom is 0.248 e. The summed E-state index contributed by atoms with van der Waals surface area (Å²) >= 11 is 0. The van der Waals surface area contributed by atoms with Gasteiger partial charge in [-0.2, -0.15) is 0 Å². The Balaban J connectivity index is 2.99. The molecule has 0 radical (unpaired) electrons. The number of carbonyl (C=O) groups is 1. The van der Waals surface area contributed by atoms with Crippen LogP contribution in [0.4, 0.5) is 5.69 Å². The Morgan fingerprint density at radius 3 is 2.19 bits per heavy atom. The van der Waals surface area contributed by atoms with Gasteiger partial charge >= 0.3 is 0 Å². The quantitative estimate of drug-likeness (QED) is 0.768. The highest BCUT2D eigenvalue weighted by atomic mass is 16.5. The van der Waals surface area contributed by atoms with E-state index < -0.39 is 5.91 Å². The van der Waals surface area contributed by atoms with Crippen molar-refractivity contribution in [3.63, 3.8) is 0 Å². The van der Waals surface area contributed by atoms with E-state index in [0.29, 0.717) is 23.4 Å². The predicted molar refractivity (Wildman–Crippen MR) is 87.8 cm³/mol. The fraction of sp³-hybridized carbons (Fsp3) is 0.588. The summed E-state index contributed by atoms with van der Waals surface area (Å²) < 4.78 is 5.38. The topological polar surface area (TPSA) is 64.3 Å². The van der Waals surface area contributed by atoms with Crippen LogP contribution >= 0.6 is 0 Å². The highest BCUT2D eigenvalue weighted by molar-refractivity contribution is 5.94. The first-order valence-corrected chi connectivity index (χ1v) is 7.57. The molecule has 21 heavy (non-hydrogen) atoms. The smallest absolute Gasteiger partial charge is 0.248 e. The summed E-state index contributed by atoms with van der Waals surface area (Å²) in [5.41, 5.74) is 6.68. The number of nitrogens with one attached hydrogen (secondary N) is 1. The van der Waals surface area contributed by atoms with E-state index in [1.165, 1.54) is 0 Å². The molecular formula is C17H28N2O2. The molecule has 1 aromatic rings. The number of amides is 1. The van der Waals surface area contributed by atoms with Gasteiger partial charge in [-0.25, -0.2) is 0 Å². The largest absolute Gasteiger partial charge is 0.495 e. The first kappa shape index (κ1) is 17.3. The van der Waals surface area contributed by atoms with Crippen molar-refractivity contribution < 1.29 is 9.53 Å². The van der Waals surface area contributed by atoms with Crippen LogP contribution in [0.1, 0.15) is 50.9 Å². The Morgan fingerprint density at radius 1 is 1.19 bits per heavy atom. The van der Waals surface area contributed by atoms with Gasteiger partial charge in [0, 0.05) is 11.6 Å². The lowest BCUT2D eigenvalue weighted by molar-refractivity contribution is 0.100. The summed E-state index contributed by atoms with van der Waals surface area (Å²) in [6.45, 7) is 8.86. The fourth-order valence-corrected chi connectivity index (χ4v) is 2.55. The zero-order valence-corrected chi connectivity index (χ0v) is 13.8. The zero-order chi connectivity index (χ0) is 16.0. The highest BCUT2D eigenvalue weighted by Gasteiger charge is 2.16. The Hall–Kier alpha value is -1.71. The molecule has 0 aliphatic carbocycles. The summed E-state index contributed by atoms with van der Waals surface area (Å²) in [5.74, 6) is 1.51. The number of hydrogen-bond donors (Lipinski definition) is 2. The minimum absolute atomic E-state index is 0.349. The minimum Gasteiger partial charge on any atom is -0.495 e. The van der Waals surface area contributed by atoms with Crippen molar-refractivity contribution in [2.24, 2.45) is 17.6 Å². The summed E-state index contributed by atoms with van der Waals surface area (Å²) in [5, 5.41) is 3.52. The number of nitrogens with two attached hydrogens (primary N) is 1. The van der Waals surface area contributed by atoms with E-state index in [4.69, 9.17) is 10.5 Å². The van der Waals surface area contributed by atoms with E-state index in [1.54, 1.807) is 25.3 Å². The third-order valence-electron chi connectivity index (χ3n) is 3.36. The Bertz CT molecular complexity index is 460. The van der Waals surface area contributed by atoms with Crippen LogP contribution in [0.5, 0.6) is 5.75 Å². The van der Waals surface area contributed by atoms with Crippen molar-refractivity contribution in [1.29, 1.82) is 0 Å². The molecule has 0 saturated carbocycles. The van der Waals surface area contributed by atoms with Gasteiger partial charge in [-0.05, 0) is 42.9 Å². The summed E-state index contributed by atoms with van der Waals surface area (Å²) in [6.07, 6.45) is 2.14. The monoisotopic (exact) mass is 292 g/mol. The second-order valence-corrected chi connectivity index (χ2v) is 6.38. The molecule has 0 saturated heterocycles. The van der Waals surface area contributed by atoms with Gasteiger partial charge in [-0.3, -0.25) is 4.79 Å². The van der Waals surface area contributed by atoms with Crippen molar-refractivity contribution >= 4 is 11.6 Å². The number of anilines is 1. The molecule has 4 nitrogen and oxygen atoms in total. The standard InChI is InChI=1S/C17H28N2O2/c1-11(2)8-14(9-12(3)4)19-15-10-13(17(18)20)6-7-16(15)21-5/h6-7,10-12,14,19H,8-9H2,1-5H3,(H2,18,20). The van der Waals surface area contributed by atoms with Gasteiger partial charge in [0.25, 0.3) is 0 Å². The minimum atomic E-state index is -0.426. The number of carbonyl (C=O) groups excluding carboxylic acids is 1. The van der Waals surface area contributed by atoms with Gasteiger partial charge in [-0.15, -0.1) is 0 Å². The number of rotatable bonds is 8. The molecular weight excluding hydrogens is 264 g/mol. The van der Waals surface area contributed by atoms with Crippen LogP contribution in [0.15, 0.2) is 18.2 Å². The molecule has 0 aliphatic heterocycles. The van der Waals surface area contributed by atoms with Crippen LogP contribution in [0.2, 0.25) is 0 Å². The molecule has 0 heterocycles. The van der Waals surface area contributed by atoms with E-state index in [1.807, 2.05) is 0 Å². The van der Waals surface area contributed by atoms with Crippen molar-refractivity contribution in [3.8, 4) is 5.75 Å². The van der Waals surface area contributed by atoms with Crippen molar-refractivity contribution in [2.45, 2.75) is 46.6 Å². The predicted octanol–water partition coefficient (Wildman–Crippen LogP) is 3.67. The van der Waals surface area contributed by atoms with Gasteiger partial charge in [0.15, 0.2) is 0 Å². The molecule has 118 valence electrons. The molecule has 0 unspecified atom stereocenters. The summed E-state index contributed by atoms with van der Waals surface area (Å²) in [6, 6.07) is 5.59. The number of ether oxygens (including phenoxy) is 1. The van der Waals surface area contributed by atoms with Gasteiger partial charge in [0.05, 0.1) is 12.8 Å². The van der Waals surface area contributed by atoms with Crippen LogP contribution in [0.25, 0.3) is 0 Å². The van der Waals surface area contributed by atoms with Crippen LogP contribution < -0.4 is 15.8 Å². The van der Waals surface area contributed by atoms with E-state index in [2.05, 4.69) is 33.0 Å². The average molecular weight is 292 g/mol. The third-order valence-corrected chi connectivity index (χ3v) is 3.36. The molecule has 1 aromatic carbocycles. The Morgan fingerprint density at radius 2 is 1.76 bits per heavy atom. The molecule has 0 aliphatic rings. The molecule has 1 amide bonds. The van der Waals surface area contributed by atoms with Crippen molar-refractivity contribution in [1.82, 2.24) is 0 Å². The van der Waals surface area contributed by atoms with Gasteiger partial charge in [0.1, 0.15) is 5.75 Å². The number of hydrogen-bond acceptors (Lipinski definition) is 3. The average Bonchev–Trinajstić information content (AvgIpc) is 2.36. The van der Waals surface area contributed by atoms with E-state index in [-0.39, 0.29) is 0 Å². The Kier molecular flexibility index (Phi) is 6.53. The second kappa shape index (κ2) is 7.91. The van der Waals surface area contributed by atoms with Gasteiger partial charge in [0.2, 0.25) is 5.91 Å². The molecule has 1 rings (SSSR count). The first-order chi connectivity index (χ1) is 9.83. The van der Waals surface area contributed by atoms with Gasteiger partial charge < -0.3 is 15.8 Å². The van der Waals surface area contributed by atoms with E-state index in [9.17, 15) is 4.79 Å².